The monoisotopic (exact) mass is 348 g/mol. The number of aryl methyl sites for hydroxylation is 1. The molecule has 4 fully saturated rings. The third-order valence-corrected chi connectivity index (χ3v) is 5.91. The van der Waals surface area contributed by atoms with E-state index < -0.39 is 0 Å². The number of aromatic nitrogens is 2. The Balaban J connectivity index is 1.25. The smallest absolute Gasteiger partial charge is 0.227 e. The number of nitrogens with zero attached hydrogens (tertiary/aromatic N) is 4. The molecular formula is C21H24N4O. The molecule has 2 atom stereocenters. The Bertz CT molecular complexity index is 835. The minimum atomic E-state index is 0.262. The van der Waals surface area contributed by atoms with Crippen LogP contribution in [0.15, 0.2) is 36.7 Å². The topological polar surface area (TPSA) is 49.3 Å². The van der Waals surface area contributed by atoms with E-state index in [4.69, 9.17) is 0 Å². The fraction of sp³-hybridized carbons (Fsp3) is 0.476. The molecule has 2 aromatic rings. The van der Waals surface area contributed by atoms with Crippen molar-refractivity contribution in [3.63, 3.8) is 0 Å². The maximum atomic E-state index is 12.8. The number of piperidine rings is 1. The summed E-state index contributed by atoms with van der Waals surface area (Å²) in [6, 6.07) is 11.1. The largest absolute Gasteiger partial charge is 0.352 e. The van der Waals surface area contributed by atoms with E-state index in [1.165, 1.54) is 24.1 Å². The number of rotatable bonds is 4. The first-order chi connectivity index (χ1) is 12.7. The van der Waals surface area contributed by atoms with Crippen molar-refractivity contribution in [2.24, 2.45) is 0 Å². The summed E-state index contributed by atoms with van der Waals surface area (Å²) in [5.41, 5.74) is 3.50. The van der Waals surface area contributed by atoms with Crippen LogP contribution in [-0.4, -0.2) is 45.9 Å². The van der Waals surface area contributed by atoms with Gasteiger partial charge in [-0.05, 0) is 31.7 Å². The van der Waals surface area contributed by atoms with Gasteiger partial charge in [-0.25, -0.2) is 9.97 Å². The zero-order valence-corrected chi connectivity index (χ0v) is 15.1. The predicted molar refractivity (Wildman–Crippen MR) is 100 cm³/mol. The van der Waals surface area contributed by atoms with Crippen molar-refractivity contribution < 1.29 is 4.79 Å². The Labute approximate surface area is 154 Å². The molecule has 0 radical (unpaired) electrons. The van der Waals surface area contributed by atoms with E-state index >= 15 is 0 Å². The second-order valence-corrected chi connectivity index (χ2v) is 7.99. The van der Waals surface area contributed by atoms with Gasteiger partial charge >= 0.3 is 0 Å². The number of hydrogen-bond donors (Lipinski definition) is 0. The Morgan fingerprint density at radius 2 is 1.96 bits per heavy atom. The minimum Gasteiger partial charge on any atom is -0.352 e. The average Bonchev–Trinajstić information content (AvgIpc) is 3.47. The van der Waals surface area contributed by atoms with Crippen LogP contribution < -0.4 is 4.90 Å². The maximum absolute atomic E-state index is 12.8. The number of fused-ring (bicyclic) bond motifs is 2. The van der Waals surface area contributed by atoms with Gasteiger partial charge in [0.25, 0.3) is 0 Å². The normalized spacial score (nSPS) is 24.3. The number of carbonyl (C=O) groups is 1. The summed E-state index contributed by atoms with van der Waals surface area (Å²) in [6.45, 7) is 3.84. The van der Waals surface area contributed by atoms with Crippen LogP contribution in [0.1, 0.15) is 42.0 Å². The lowest BCUT2D eigenvalue weighted by molar-refractivity contribution is -0.145. The van der Waals surface area contributed by atoms with Crippen LogP contribution in [0, 0.1) is 6.92 Å². The van der Waals surface area contributed by atoms with Crippen molar-refractivity contribution in [3.8, 4) is 0 Å². The van der Waals surface area contributed by atoms with Gasteiger partial charge in [-0.1, -0.05) is 29.8 Å². The van der Waals surface area contributed by atoms with Gasteiger partial charge in [-0.3, -0.25) is 4.79 Å². The molecule has 4 heterocycles. The number of anilines is 1. The van der Waals surface area contributed by atoms with Crippen molar-refractivity contribution in [3.05, 3.63) is 53.5 Å². The van der Waals surface area contributed by atoms with E-state index in [9.17, 15) is 4.79 Å². The van der Waals surface area contributed by atoms with Crippen LogP contribution in [-0.2, 0) is 11.2 Å². The SMILES string of the molecule is Cc1cccc(CC(=O)N2C3CC2CN(c2cc(C4CC4)ncn2)C3)c1. The van der Waals surface area contributed by atoms with Gasteiger partial charge in [-0.2, -0.15) is 0 Å². The molecule has 1 aromatic carbocycles. The highest BCUT2D eigenvalue weighted by Gasteiger charge is 2.47. The first kappa shape index (κ1) is 15.8. The first-order valence-electron chi connectivity index (χ1n) is 9.61. The highest BCUT2D eigenvalue weighted by Crippen LogP contribution is 2.40. The molecule has 4 aliphatic rings. The van der Waals surface area contributed by atoms with Crippen LogP contribution >= 0.6 is 0 Å². The van der Waals surface area contributed by atoms with Crippen LogP contribution in [0.3, 0.4) is 0 Å². The van der Waals surface area contributed by atoms with Crippen molar-refractivity contribution in [1.82, 2.24) is 14.9 Å². The average molecular weight is 348 g/mol. The number of benzene rings is 1. The first-order valence-corrected chi connectivity index (χ1v) is 9.61. The Kier molecular flexibility index (Phi) is 3.69. The van der Waals surface area contributed by atoms with E-state index in [0.717, 1.165) is 30.9 Å². The highest BCUT2D eigenvalue weighted by atomic mass is 16.2. The van der Waals surface area contributed by atoms with Crippen LogP contribution in [0.2, 0.25) is 0 Å². The van der Waals surface area contributed by atoms with Crippen molar-refractivity contribution in [2.45, 2.75) is 50.6 Å². The van der Waals surface area contributed by atoms with Gasteiger partial charge < -0.3 is 9.80 Å². The quantitative estimate of drug-likeness (QED) is 0.852. The van der Waals surface area contributed by atoms with E-state index in [1.807, 2.05) is 12.1 Å². The summed E-state index contributed by atoms with van der Waals surface area (Å²) in [6.07, 6.45) is 5.83. The molecule has 3 aliphatic heterocycles. The van der Waals surface area contributed by atoms with Crippen molar-refractivity contribution >= 4 is 11.7 Å². The Morgan fingerprint density at radius 1 is 1.15 bits per heavy atom. The minimum absolute atomic E-state index is 0.262. The molecule has 3 saturated heterocycles. The van der Waals surface area contributed by atoms with E-state index in [1.54, 1.807) is 6.33 Å². The lowest BCUT2D eigenvalue weighted by Crippen LogP contribution is -2.70. The molecule has 5 nitrogen and oxygen atoms in total. The van der Waals surface area contributed by atoms with E-state index in [-0.39, 0.29) is 5.91 Å². The molecule has 1 aromatic heterocycles. The number of carbonyl (C=O) groups excluding carboxylic acids is 1. The van der Waals surface area contributed by atoms with Gasteiger partial charge in [0.05, 0.1) is 18.5 Å². The van der Waals surface area contributed by atoms with Gasteiger partial charge in [-0.15, -0.1) is 0 Å². The van der Waals surface area contributed by atoms with Gasteiger partial charge in [0, 0.05) is 30.8 Å². The number of hydrogen-bond acceptors (Lipinski definition) is 4. The van der Waals surface area contributed by atoms with Crippen LogP contribution in [0.5, 0.6) is 0 Å². The predicted octanol–water partition coefficient (Wildman–Crippen LogP) is 2.69. The third kappa shape index (κ3) is 2.85. The van der Waals surface area contributed by atoms with Gasteiger partial charge in [0.15, 0.2) is 0 Å². The Hall–Kier alpha value is -2.43. The van der Waals surface area contributed by atoms with Crippen molar-refractivity contribution in [2.75, 3.05) is 18.0 Å². The molecule has 1 saturated carbocycles. The summed E-state index contributed by atoms with van der Waals surface area (Å²) in [5, 5.41) is 0. The molecular weight excluding hydrogens is 324 g/mol. The molecule has 134 valence electrons. The van der Waals surface area contributed by atoms with Crippen LogP contribution in [0.4, 0.5) is 5.82 Å². The molecule has 26 heavy (non-hydrogen) atoms. The second-order valence-electron chi connectivity index (χ2n) is 7.99. The van der Waals surface area contributed by atoms with Gasteiger partial charge in [0.2, 0.25) is 5.91 Å². The standard InChI is InChI=1S/C21H24N4O/c1-14-3-2-4-15(7-14)8-21(26)25-17-9-18(25)12-24(11-17)20-10-19(16-5-6-16)22-13-23-20/h2-4,7,10,13,16-18H,5-6,8-9,11-12H2,1H3. The zero-order chi connectivity index (χ0) is 17.7. The van der Waals surface area contributed by atoms with Crippen molar-refractivity contribution in [1.29, 1.82) is 0 Å². The summed E-state index contributed by atoms with van der Waals surface area (Å²) in [5.74, 6) is 1.93. The molecule has 0 spiro atoms. The molecule has 1 aliphatic carbocycles. The summed E-state index contributed by atoms with van der Waals surface area (Å²) >= 11 is 0. The summed E-state index contributed by atoms with van der Waals surface area (Å²) in [4.78, 5) is 26.2. The lowest BCUT2D eigenvalue weighted by Gasteiger charge is -2.56. The Morgan fingerprint density at radius 3 is 2.69 bits per heavy atom. The highest BCUT2D eigenvalue weighted by molar-refractivity contribution is 5.81. The van der Waals surface area contributed by atoms with E-state index in [0.29, 0.717) is 24.4 Å². The maximum Gasteiger partial charge on any atom is 0.227 e. The summed E-state index contributed by atoms with van der Waals surface area (Å²) < 4.78 is 0. The molecule has 6 rings (SSSR count). The number of amides is 1. The number of piperazine rings is 1. The molecule has 5 heteroatoms. The fourth-order valence-corrected chi connectivity index (χ4v) is 4.43. The molecule has 2 bridgehead atoms. The lowest BCUT2D eigenvalue weighted by atomic mass is 9.86. The second kappa shape index (κ2) is 6.08. The zero-order valence-electron chi connectivity index (χ0n) is 15.1. The van der Waals surface area contributed by atoms with Gasteiger partial charge in [0.1, 0.15) is 12.1 Å². The molecule has 1 amide bonds. The fourth-order valence-electron chi connectivity index (χ4n) is 4.43. The molecule has 0 N–H and O–H groups in total. The molecule has 2 unspecified atom stereocenters. The van der Waals surface area contributed by atoms with E-state index in [2.05, 4.69) is 44.9 Å². The third-order valence-electron chi connectivity index (χ3n) is 5.91. The van der Waals surface area contributed by atoms with Crippen LogP contribution in [0.25, 0.3) is 0 Å². The summed E-state index contributed by atoms with van der Waals surface area (Å²) in [7, 11) is 0.